The van der Waals surface area contributed by atoms with Crippen LogP contribution in [0.2, 0.25) is 0 Å². The number of nitrogens with one attached hydrogen (secondary N) is 1. The van der Waals surface area contributed by atoms with E-state index in [1.807, 2.05) is 31.3 Å². The van der Waals surface area contributed by atoms with Crippen molar-refractivity contribution in [2.24, 2.45) is 11.3 Å². The minimum Gasteiger partial charge on any atom is -0.310 e. The lowest BCUT2D eigenvalue weighted by Gasteiger charge is -2.57. The third-order valence-electron chi connectivity index (χ3n) is 5.69. The Morgan fingerprint density at radius 1 is 1.22 bits per heavy atom. The third kappa shape index (κ3) is 3.00. The molecular weight excluding hydrogens is 358 g/mol. The summed E-state index contributed by atoms with van der Waals surface area (Å²) < 4.78 is 0. The van der Waals surface area contributed by atoms with E-state index in [-0.39, 0.29) is 11.8 Å². The van der Waals surface area contributed by atoms with E-state index in [1.165, 1.54) is 0 Å². The van der Waals surface area contributed by atoms with Gasteiger partial charge in [0.05, 0.1) is 0 Å². The smallest absolute Gasteiger partial charge is 0.228 e. The van der Waals surface area contributed by atoms with Crippen LogP contribution in [0.5, 0.6) is 0 Å². The lowest BCUT2D eigenvalue weighted by Crippen LogP contribution is -2.62. The zero-order chi connectivity index (χ0) is 18.6. The van der Waals surface area contributed by atoms with Crippen LogP contribution in [0.15, 0.2) is 30.5 Å². The summed E-state index contributed by atoms with van der Waals surface area (Å²) >= 11 is 1.58. The summed E-state index contributed by atoms with van der Waals surface area (Å²) in [6.45, 7) is 4.20. The number of fused-ring (bicyclic) bond motifs is 1. The van der Waals surface area contributed by atoms with Gasteiger partial charge >= 0.3 is 0 Å². The van der Waals surface area contributed by atoms with Crippen LogP contribution >= 0.6 is 11.3 Å². The maximum absolute atomic E-state index is 12.5. The molecule has 1 saturated heterocycles. The van der Waals surface area contributed by atoms with Gasteiger partial charge in [-0.3, -0.25) is 4.79 Å². The number of carbonyl (C=O) groups is 1. The predicted molar refractivity (Wildman–Crippen MR) is 107 cm³/mol. The molecule has 1 saturated carbocycles. The fourth-order valence-electron chi connectivity index (χ4n) is 4.51. The number of likely N-dealkylation sites (tertiary alicyclic amines) is 1. The van der Waals surface area contributed by atoms with Gasteiger partial charge in [0, 0.05) is 36.2 Å². The molecule has 0 bridgehead atoms. The molecule has 1 aliphatic carbocycles. The third-order valence-corrected chi connectivity index (χ3v) is 6.57. The van der Waals surface area contributed by atoms with E-state index in [0.29, 0.717) is 11.2 Å². The molecule has 1 N–H and O–H groups in total. The molecule has 3 heterocycles. The number of aryl methyl sites for hydroxylation is 1. The maximum atomic E-state index is 12.5. The fourth-order valence-corrected chi connectivity index (χ4v) is 5.20. The highest BCUT2D eigenvalue weighted by Gasteiger charge is 2.53. The van der Waals surface area contributed by atoms with Crippen molar-refractivity contribution in [1.29, 1.82) is 0 Å². The largest absolute Gasteiger partial charge is 0.310 e. The lowest BCUT2D eigenvalue weighted by atomic mass is 9.57. The van der Waals surface area contributed by atoms with E-state index in [0.717, 1.165) is 52.3 Å². The SMILES string of the molecule is Cc1nnc(-c2ccc3cnc(NC(=O)C4CC5(C4)CN(C)C5)cc3c2)s1. The Morgan fingerprint density at radius 3 is 2.74 bits per heavy atom. The second kappa shape index (κ2) is 6.07. The molecule has 0 radical (unpaired) electrons. The van der Waals surface area contributed by atoms with E-state index in [4.69, 9.17) is 0 Å². The van der Waals surface area contributed by atoms with Gasteiger partial charge in [-0.1, -0.05) is 23.5 Å². The highest BCUT2D eigenvalue weighted by Crippen LogP contribution is 2.51. The van der Waals surface area contributed by atoms with Crippen LogP contribution in [-0.2, 0) is 4.79 Å². The van der Waals surface area contributed by atoms with Crippen LogP contribution in [0.4, 0.5) is 5.82 Å². The highest BCUT2D eigenvalue weighted by atomic mass is 32.1. The molecule has 5 rings (SSSR count). The number of benzene rings is 1. The summed E-state index contributed by atoms with van der Waals surface area (Å²) in [5, 5.41) is 15.2. The Bertz CT molecular complexity index is 1030. The maximum Gasteiger partial charge on any atom is 0.228 e. The molecule has 6 nitrogen and oxygen atoms in total. The number of hydrogen-bond donors (Lipinski definition) is 1. The first-order valence-corrected chi connectivity index (χ1v) is 10.0. The van der Waals surface area contributed by atoms with Gasteiger partial charge < -0.3 is 10.2 Å². The van der Waals surface area contributed by atoms with Gasteiger partial charge in [-0.15, -0.1) is 10.2 Å². The molecule has 2 aliphatic rings. The summed E-state index contributed by atoms with van der Waals surface area (Å²) in [5.41, 5.74) is 1.44. The van der Waals surface area contributed by atoms with Gasteiger partial charge in [0.15, 0.2) is 0 Å². The van der Waals surface area contributed by atoms with Crippen molar-refractivity contribution in [1.82, 2.24) is 20.1 Å². The molecule has 1 amide bonds. The molecule has 7 heteroatoms. The van der Waals surface area contributed by atoms with Crippen molar-refractivity contribution in [3.63, 3.8) is 0 Å². The molecule has 0 unspecified atom stereocenters. The van der Waals surface area contributed by atoms with Gasteiger partial charge in [-0.25, -0.2) is 4.98 Å². The van der Waals surface area contributed by atoms with Gasteiger partial charge in [-0.05, 0) is 49.7 Å². The molecule has 27 heavy (non-hydrogen) atoms. The van der Waals surface area contributed by atoms with Gasteiger partial charge in [0.2, 0.25) is 5.91 Å². The van der Waals surface area contributed by atoms with Crippen molar-refractivity contribution < 1.29 is 4.79 Å². The molecule has 138 valence electrons. The van der Waals surface area contributed by atoms with Crippen LogP contribution in [0.1, 0.15) is 17.8 Å². The molecule has 0 atom stereocenters. The van der Waals surface area contributed by atoms with E-state index < -0.39 is 0 Å². The minimum atomic E-state index is 0.0953. The second-order valence-electron chi connectivity index (χ2n) is 8.02. The molecule has 2 aromatic heterocycles. The predicted octanol–water partition coefficient (Wildman–Crippen LogP) is 3.34. The average Bonchev–Trinajstić information content (AvgIpc) is 3.02. The number of aromatic nitrogens is 3. The van der Waals surface area contributed by atoms with E-state index >= 15 is 0 Å². The molecule has 2 fully saturated rings. The minimum absolute atomic E-state index is 0.0953. The van der Waals surface area contributed by atoms with Gasteiger partial charge in [0.1, 0.15) is 15.8 Å². The Kier molecular flexibility index (Phi) is 3.77. The number of amides is 1. The highest BCUT2D eigenvalue weighted by molar-refractivity contribution is 7.14. The van der Waals surface area contributed by atoms with Crippen LogP contribution in [0.3, 0.4) is 0 Å². The van der Waals surface area contributed by atoms with Crippen molar-refractivity contribution in [2.75, 3.05) is 25.5 Å². The molecule has 1 aromatic carbocycles. The summed E-state index contributed by atoms with van der Waals surface area (Å²) in [7, 11) is 2.13. The Labute approximate surface area is 161 Å². The van der Waals surface area contributed by atoms with Gasteiger partial charge in [0.25, 0.3) is 0 Å². The molecular formula is C20H21N5OS. The topological polar surface area (TPSA) is 71.0 Å². The van der Waals surface area contributed by atoms with E-state index in [9.17, 15) is 4.79 Å². The standard InChI is InChI=1S/C20H21N5OS/c1-12-23-24-19(27-12)13-3-4-14-9-21-17(6-15(14)5-13)22-18(26)16-7-20(8-16)10-25(2)11-20/h3-6,9,16H,7-8,10-11H2,1-2H3,(H,21,22,26). The Balaban J connectivity index is 1.32. The summed E-state index contributed by atoms with van der Waals surface area (Å²) in [4.78, 5) is 19.3. The molecule has 1 spiro atoms. The quantitative estimate of drug-likeness (QED) is 0.756. The summed E-state index contributed by atoms with van der Waals surface area (Å²) in [6, 6.07) is 8.08. The van der Waals surface area contributed by atoms with Crippen molar-refractivity contribution in [3.05, 3.63) is 35.5 Å². The van der Waals surface area contributed by atoms with Crippen LogP contribution in [0.25, 0.3) is 21.3 Å². The second-order valence-corrected chi connectivity index (χ2v) is 9.21. The lowest BCUT2D eigenvalue weighted by molar-refractivity contribution is -0.137. The fraction of sp³-hybridized carbons (Fsp3) is 0.400. The van der Waals surface area contributed by atoms with Crippen LogP contribution in [-0.4, -0.2) is 46.1 Å². The number of carbonyl (C=O) groups excluding carboxylic acids is 1. The average molecular weight is 379 g/mol. The van der Waals surface area contributed by atoms with Crippen molar-refractivity contribution >= 4 is 33.8 Å². The zero-order valence-corrected chi connectivity index (χ0v) is 16.2. The first kappa shape index (κ1) is 16.8. The number of hydrogen-bond acceptors (Lipinski definition) is 6. The summed E-state index contributed by atoms with van der Waals surface area (Å²) in [6.07, 6.45) is 3.80. The molecule has 3 aromatic rings. The summed E-state index contributed by atoms with van der Waals surface area (Å²) in [5.74, 6) is 0.828. The van der Waals surface area contributed by atoms with Crippen molar-refractivity contribution in [3.8, 4) is 10.6 Å². The van der Waals surface area contributed by atoms with E-state index in [2.05, 4.69) is 38.5 Å². The number of nitrogens with zero attached hydrogens (tertiary/aromatic N) is 4. The normalized spacial score (nSPS) is 19.0. The van der Waals surface area contributed by atoms with Crippen molar-refractivity contribution in [2.45, 2.75) is 19.8 Å². The monoisotopic (exact) mass is 379 g/mol. The van der Waals surface area contributed by atoms with Crippen LogP contribution in [0, 0.1) is 18.3 Å². The van der Waals surface area contributed by atoms with Crippen LogP contribution < -0.4 is 5.32 Å². The number of anilines is 1. The molecule has 1 aliphatic heterocycles. The Hall–Kier alpha value is -2.38. The first-order chi connectivity index (χ1) is 13.0. The zero-order valence-electron chi connectivity index (χ0n) is 15.4. The van der Waals surface area contributed by atoms with Gasteiger partial charge in [-0.2, -0.15) is 0 Å². The number of rotatable bonds is 3. The Morgan fingerprint density at radius 2 is 2.04 bits per heavy atom. The van der Waals surface area contributed by atoms with E-state index in [1.54, 1.807) is 11.3 Å². The first-order valence-electron chi connectivity index (χ1n) is 9.19. The number of pyridine rings is 1.